The molecule has 7 nitrogen and oxygen atoms in total. The first kappa shape index (κ1) is 71.6. The van der Waals surface area contributed by atoms with Gasteiger partial charge in [-0.25, -0.2) is 0 Å². The Morgan fingerprint density at radius 1 is 0.192 bits per heavy atom. The predicted octanol–water partition coefficient (Wildman–Crippen LogP) is 22.3. The van der Waals surface area contributed by atoms with Crippen molar-refractivity contribution in [3.05, 3.63) is 23.0 Å². The minimum absolute atomic E-state index is 0.129. The number of hydrogen-bond donors (Lipinski definition) is 0. The molecule has 0 fully saturated rings. The molecule has 0 bridgehead atoms. The third-order valence-electron chi connectivity index (χ3n) is 14.5. The van der Waals surface area contributed by atoms with Gasteiger partial charge in [-0.2, -0.15) is 0 Å². The van der Waals surface area contributed by atoms with Crippen molar-refractivity contribution >= 4 is 0 Å². The molecule has 0 aliphatic heterocycles. The van der Waals surface area contributed by atoms with Crippen molar-refractivity contribution < 1.29 is 33.2 Å². The molecule has 0 amide bonds. The van der Waals surface area contributed by atoms with Gasteiger partial charge in [0.1, 0.15) is 38.3 Å². The Morgan fingerprint density at radius 2 is 0.384 bits per heavy atom. The maximum absolute atomic E-state index is 6.60. The average molecular weight is 1040 g/mol. The topological polar surface area (TPSA) is 64.6 Å². The van der Waals surface area contributed by atoms with Crippen molar-refractivity contribution in [3.8, 4) is 0 Å². The molecule has 0 saturated heterocycles. The number of unbranched alkanes of at least 4 members (excludes halogenated alkanes) is 40. The van der Waals surface area contributed by atoms with E-state index in [4.69, 9.17) is 33.2 Å². The van der Waals surface area contributed by atoms with E-state index in [2.05, 4.69) is 41.5 Å². The fourth-order valence-corrected chi connectivity index (χ4v) is 9.62. The maximum Gasteiger partial charge on any atom is 0.159 e. The Labute approximate surface area is 457 Å². The molecule has 0 unspecified atom stereocenters. The molecule has 7 heteroatoms. The predicted molar refractivity (Wildman–Crippen MR) is 316 cm³/mol. The minimum Gasteiger partial charge on any atom is -0.494 e. The van der Waals surface area contributed by atoms with E-state index in [0.717, 1.165) is 87.6 Å². The minimum atomic E-state index is 0.129. The van der Waals surface area contributed by atoms with Gasteiger partial charge in [-0.1, -0.05) is 298 Å². The molecular formula is C66H130O7. The van der Waals surface area contributed by atoms with Crippen molar-refractivity contribution in [2.75, 3.05) is 53.2 Å². The summed E-state index contributed by atoms with van der Waals surface area (Å²) in [7, 11) is 0. The summed E-state index contributed by atoms with van der Waals surface area (Å²) < 4.78 is 44.7. The zero-order chi connectivity index (χ0) is 52.9. The van der Waals surface area contributed by atoms with Gasteiger partial charge in [-0.05, 0) is 38.5 Å². The molecule has 0 rings (SSSR count). The van der Waals surface area contributed by atoms with Crippen LogP contribution in [0, 0.1) is 0 Å². The summed E-state index contributed by atoms with van der Waals surface area (Å²) >= 11 is 0. The van der Waals surface area contributed by atoms with E-state index >= 15 is 0 Å². The molecule has 0 atom stereocenters. The maximum atomic E-state index is 6.60. The zero-order valence-electron chi connectivity index (χ0n) is 50.5. The molecule has 0 aromatic rings. The Morgan fingerprint density at radius 3 is 0.616 bits per heavy atom. The Hall–Kier alpha value is -1.44. The molecule has 0 heterocycles. The van der Waals surface area contributed by atoms with Gasteiger partial charge in [-0.3, -0.25) is 0 Å². The number of ether oxygens (including phenoxy) is 7. The van der Waals surface area contributed by atoms with E-state index in [1.165, 1.54) is 257 Å². The van der Waals surface area contributed by atoms with Crippen LogP contribution in [0.4, 0.5) is 0 Å². The van der Waals surface area contributed by atoms with Crippen LogP contribution in [0.2, 0.25) is 0 Å². The highest BCUT2D eigenvalue weighted by atomic mass is 16.7. The molecule has 73 heavy (non-hydrogen) atoms. The summed E-state index contributed by atoms with van der Waals surface area (Å²) in [5.41, 5.74) is 0. The molecular weight excluding hydrogens is 905 g/mol. The average Bonchev–Trinajstić information content (AvgIpc) is 3.40. The highest BCUT2D eigenvalue weighted by Crippen LogP contribution is 2.23. The molecule has 436 valence electrons. The van der Waals surface area contributed by atoms with Crippen molar-refractivity contribution in [2.45, 2.75) is 350 Å². The molecule has 0 aliphatic rings. The molecule has 0 N–H and O–H groups in total. The monoisotopic (exact) mass is 1030 g/mol. The second-order valence-corrected chi connectivity index (χ2v) is 21.9. The lowest BCUT2D eigenvalue weighted by Crippen LogP contribution is -2.14. The van der Waals surface area contributed by atoms with Crippen LogP contribution < -0.4 is 0 Å². The van der Waals surface area contributed by atoms with Crippen molar-refractivity contribution in [1.82, 2.24) is 0 Å². The lowest BCUT2D eigenvalue weighted by atomic mass is 10.0. The van der Waals surface area contributed by atoms with Crippen LogP contribution >= 0.6 is 0 Å². The fourth-order valence-electron chi connectivity index (χ4n) is 9.62. The fraction of sp³-hybridized carbons (Fsp3) is 0.939. The largest absolute Gasteiger partial charge is 0.494 e. The first-order valence-electron chi connectivity index (χ1n) is 32.9. The summed E-state index contributed by atoms with van der Waals surface area (Å²) in [6, 6.07) is 0. The first-order chi connectivity index (χ1) is 36.2. The van der Waals surface area contributed by atoms with Gasteiger partial charge >= 0.3 is 0 Å². The number of allylic oxidation sites excluding steroid dienone is 2. The highest BCUT2D eigenvalue weighted by molar-refractivity contribution is 5.03. The van der Waals surface area contributed by atoms with Crippen LogP contribution in [0.25, 0.3) is 0 Å². The third-order valence-corrected chi connectivity index (χ3v) is 14.5. The first-order valence-corrected chi connectivity index (χ1v) is 32.9. The molecule has 0 aromatic heterocycles. The van der Waals surface area contributed by atoms with Crippen LogP contribution in [-0.2, 0) is 33.2 Å². The Kier molecular flexibility index (Phi) is 61.9. The van der Waals surface area contributed by atoms with Gasteiger partial charge in [-0.15, -0.1) is 0 Å². The summed E-state index contributed by atoms with van der Waals surface area (Å²) in [5.74, 6) is 3.70. The Bertz CT molecular complexity index is 1020. The quantitative estimate of drug-likeness (QED) is 0.0342. The number of hydrogen-bond acceptors (Lipinski definition) is 7. The van der Waals surface area contributed by atoms with Crippen molar-refractivity contribution in [3.63, 3.8) is 0 Å². The second-order valence-electron chi connectivity index (χ2n) is 21.9. The van der Waals surface area contributed by atoms with Gasteiger partial charge in [0.25, 0.3) is 0 Å². The van der Waals surface area contributed by atoms with Crippen LogP contribution in [0.1, 0.15) is 350 Å². The van der Waals surface area contributed by atoms with Crippen LogP contribution in [-0.4, -0.2) is 53.2 Å². The van der Waals surface area contributed by atoms with E-state index in [1.54, 1.807) is 0 Å². The molecule has 0 radical (unpaired) electrons. The standard InChI is InChI=1S/C66H130O7/c1-7-13-19-25-27-29-31-33-35-37-39-41-47-53-63(70-55-49-43-21-15-9-3)65(72-57-51-45-23-17-11-5)59-67-61-69-62-68-60-66(73-58-52-46-24-18-12-6)64(71-56-50-44-22-16-10-4)54-48-42-40-38-36-34-32-30-28-26-20-14-8-2/h7-62H2,1-6H3. The molecule has 0 spiro atoms. The highest BCUT2D eigenvalue weighted by Gasteiger charge is 2.14. The van der Waals surface area contributed by atoms with E-state index in [0.29, 0.717) is 26.4 Å². The van der Waals surface area contributed by atoms with E-state index in [9.17, 15) is 0 Å². The molecule has 0 aliphatic carbocycles. The van der Waals surface area contributed by atoms with E-state index in [-0.39, 0.29) is 13.6 Å². The lowest BCUT2D eigenvalue weighted by Gasteiger charge is -2.19. The van der Waals surface area contributed by atoms with Crippen LogP contribution in [0.5, 0.6) is 0 Å². The van der Waals surface area contributed by atoms with Crippen molar-refractivity contribution in [1.29, 1.82) is 0 Å². The Balaban J connectivity index is 5.58. The van der Waals surface area contributed by atoms with Crippen LogP contribution in [0.3, 0.4) is 0 Å². The van der Waals surface area contributed by atoms with E-state index < -0.39 is 0 Å². The summed E-state index contributed by atoms with van der Waals surface area (Å²) in [6.07, 6.45) is 61.2. The number of rotatable bonds is 64. The zero-order valence-corrected chi connectivity index (χ0v) is 50.5. The normalized spacial score (nSPS) is 12.4. The molecule has 0 saturated carbocycles. The van der Waals surface area contributed by atoms with Gasteiger partial charge in [0.2, 0.25) is 0 Å². The third kappa shape index (κ3) is 53.7. The summed E-state index contributed by atoms with van der Waals surface area (Å²) in [6.45, 7) is 17.5. The lowest BCUT2D eigenvalue weighted by molar-refractivity contribution is -0.132. The van der Waals surface area contributed by atoms with Gasteiger partial charge < -0.3 is 33.2 Å². The van der Waals surface area contributed by atoms with Gasteiger partial charge in [0, 0.05) is 12.8 Å². The summed E-state index contributed by atoms with van der Waals surface area (Å²) in [4.78, 5) is 0. The van der Waals surface area contributed by atoms with Gasteiger partial charge in [0.05, 0.1) is 26.4 Å². The smallest absolute Gasteiger partial charge is 0.159 e. The van der Waals surface area contributed by atoms with Crippen LogP contribution in [0.15, 0.2) is 23.0 Å². The second kappa shape index (κ2) is 63.1. The molecule has 0 aromatic carbocycles. The van der Waals surface area contributed by atoms with Gasteiger partial charge in [0.15, 0.2) is 11.5 Å². The van der Waals surface area contributed by atoms with Crippen molar-refractivity contribution in [2.24, 2.45) is 0 Å². The SMILES string of the molecule is CCCCCCCCCCCCCCCC(OCCCCCCC)=C(COCOCOCC(OCCCCCCC)=C(CCCCCCCCCCCCCCC)OCCCCCCC)OCCCCCCC. The van der Waals surface area contributed by atoms with E-state index in [1.807, 2.05) is 0 Å². The summed E-state index contributed by atoms with van der Waals surface area (Å²) in [5, 5.41) is 0.